The highest BCUT2D eigenvalue weighted by Gasteiger charge is 2.10. The second-order valence-corrected chi connectivity index (χ2v) is 5.02. The molecule has 1 rings (SSSR count). The standard InChI is InChI=1S/C12H17BrF2N2/c1-17(8-12(14)15)7-6-11(16)9-2-4-10(13)5-3-9/h2-5,11-12H,6-8,16H2,1H3. The first-order chi connectivity index (χ1) is 7.99. The molecule has 1 aromatic rings. The van der Waals surface area contributed by atoms with Crippen molar-refractivity contribution in [2.75, 3.05) is 20.1 Å². The minimum atomic E-state index is -2.29. The molecule has 0 saturated carbocycles. The first-order valence-corrected chi connectivity index (χ1v) is 6.26. The van der Waals surface area contributed by atoms with Crippen molar-refractivity contribution in [2.45, 2.75) is 18.9 Å². The molecule has 96 valence electrons. The van der Waals surface area contributed by atoms with E-state index >= 15 is 0 Å². The van der Waals surface area contributed by atoms with Gasteiger partial charge in [-0.2, -0.15) is 0 Å². The predicted molar refractivity (Wildman–Crippen MR) is 69.2 cm³/mol. The largest absolute Gasteiger partial charge is 0.324 e. The third-order valence-corrected chi connectivity index (χ3v) is 3.10. The highest BCUT2D eigenvalue weighted by atomic mass is 79.9. The maximum absolute atomic E-state index is 12.1. The second-order valence-electron chi connectivity index (χ2n) is 4.10. The monoisotopic (exact) mass is 306 g/mol. The Morgan fingerprint density at radius 3 is 2.41 bits per heavy atom. The molecular formula is C12H17BrF2N2. The number of nitrogens with two attached hydrogens (primary N) is 1. The van der Waals surface area contributed by atoms with Gasteiger partial charge in [0.1, 0.15) is 0 Å². The van der Waals surface area contributed by atoms with Crippen molar-refractivity contribution in [2.24, 2.45) is 5.73 Å². The molecule has 2 nitrogen and oxygen atoms in total. The summed E-state index contributed by atoms with van der Waals surface area (Å²) in [6.45, 7) is 0.370. The van der Waals surface area contributed by atoms with Crippen molar-refractivity contribution in [1.29, 1.82) is 0 Å². The Balaban J connectivity index is 2.39. The van der Waals surface area contributed by atoms with Crippen molar-refractivity contribution >= 4 is 15.9 Å². The van der Waals surface area contributed by atoms with E-state index in [1.54, 1.807) is 11.9 Å². The van der Waals surface area contributed by atoms with E-state index in [0.717, 1.165) is 10.0 Å². The first-order valence-electron chi connectivity index (χ1n) is 5.46. The minimum Gasteiger partial charge on any atom is -0.324 e. The van der Waals surface area contributed by atoms with E-state index < -0.39 is 6.43 Å². The average molecular weight is 307 g/mol. The number of nitrogens with zero attached hydrogens (tertiary/aromatic N) is 1. The van der Waals surface area contributed by atoms with Gasteiger partial charge in [0, 0.05) is 10.5 Å². The molecule has 0 fully saturated rings. The number of hydrogen-bond acceptors (Lipinski definition) is 2. The van der Waals surface area contributed by atoms with Crippen LogP contribution in [0.25, 0.3) is 0 Å². The maximum Gasteiger partial charge on any atom is 0.251 e. The van der Waals surface area contributed by atoms with Gasteiger partial charge in [-0.3, -0.25) is 0 Å². The molecule has 5 heteroatoms. The Morgan fingerprint density at radius 2 is 1.88 bits per heavy atom. The number of alkyl halides is 2. The van der Waals surface area contributed by atoms with Crippen LogP contribution in [0, 0.1) is 0 Å². The molecule has 0 heterocycles. The average Bonchev–Trinajstić information content (AvgIpc) is 2.26. The van der Waals surface area contributed by atoms with Crippen LogP contribution in [-0.2, 0) is 0 Å². The summed E-state index contributed by atoms with van der Waals surface area (Å²) in [7, 11) is 1.68. The van der Waals surface area contributed by atoms with Gasteiger partial charge in [-0.05, 0) is 37.7 Å². The van der Waals surface area contributed by atoms with Crippen LogP contribution in [-0.4, -0.2) is 31.5 Å². The fourth-order valence-corrected chi connectivity index (χ4v) is 1.83. The topological polar surface area (TPSA) is 29.3 Å². The first kappa shape index (κ1) is 14.5. The van der Waals surface area contributed by atoms with Crippen LogP contribution >= 0.6 is 15.9 Å². The highest BCUT2D eigenvalue weighted by molar-refractivity contribution is 9.10. The number of halogens is 3. The van der Waals surface area contributed by atoms with E-state index in [4.69, 9.17) is 5.73 Å². The predicted octanol–water partition coefficient (Wildman–Crippen LogP) is 3.04. The molecule has 0 saturated heterocycles. The summed E-state index contributed by atoms with van der Waals surface area (Å²) in [5.41, 5.74) is 7.02. The van der Waals surface area contributed by atoms with Crippen molar-refractivity contribution in [3.05, 3.63) is 34.3 Å². The van der Waals surface area contributed by atoms with E-state index in [1.165, 1.54) is 0 Å². The van der Waals surface area contributed by atoms with Gasteiger partial charge < -0.3 is 10.6 Å². The Kier molecular flexibility index (Phi) is 6.02. The smallest absolute Gasteiger partial charge is 0.251 e. The Bertz CT molecular complexity index is 330. The van der Waals surface area contributed by atoms with Crippen LogP contribution < -0.4 is 5.73 Å². The normalized spacial score (nSPS) is 13.4. The van der Waals surface area contributed by atoms with Crippen LogP contribution in [0.3, 0.4) is 0 Å². The van der Waals surface area contributed by atoms with E-state index in [0.29, 0.717) is 13.0 Å². The zero-order valence-corrected chi connectivity index (χ0v) is 11.3. The lowest BCUT2D eigenvalue weighted by Crippen LogP contribution is -2.28. The molecule has 0 amide bonds. The molecule has 0 aliphatic heterocycles. The van der Waals surface area contributed by atoms with Gasteiger partial charge in [-0.15, -0.1) is 0 Å². The fraction of sp³-hybridized carbons (Fsp3) is 0.500. The summed E-state index contributed by atoms with van der Waals surface area (Å²) in [5.74, 6) is 0. The van der Waals surface area contributed by atoms with Crippen LogP contribution in [0.1, 0.15) is 18.0 Å². The van der Waals surface area contributed by atoms with Gasteiger partial charge in [0.25, 0.3) is 6.43 Å². The quantitative estimate of drug-likeness (QED) is 0.875. The molecule has 1 atom stereocenters. The number of benzene rings is 1. The summed E-state index contributed by atoms with van der Waals surface area (Å²) in [5, 5.41) is 0. The molecule has 1 unspecified atom stereocenters. The SMILES string of the molecule is CN(CCC(N)c1ccc(Br)cc1)CC(F)F. The fourth-order valence-electron chi connectivity index (χ4n) is 1.56. The molecule has 0 aromatic heterocycles. The molecule has 2 N–H and O–H groups in total. The molecule has 17 heavy (non-hydrogen) atoms. The molecular weight excluding hydrogens is 290 g/mol. The highest BCUT2D eigenvalue weighted by Crippen LogP contribution is 2.17. The third kappa shape index (κ3) is 5.57. The lowest BCUT2D eigenvalue weighted by Gasteiger charge is -2.19. The second kappa shape index (κ2) is 7.03. The molecule has 0 aliphatic rings. The van der Waals surface area contributed by atoms with Crippen molar-refractivity contribution < 1.29 is 8.78 Å². The van der Waals surface area contributed by atoms with Crippen molar-refractivity contribution in [3.8, 4) is 0 Å². The van der Waals surface area contributed by atoms with E-state index in [1.807, 2.05) is 24.3 Å². The summed E-state index contributed by atoms with van der Waals surface area (Å²) in [6, 6.07) is 7.64. The Labute approximate surface area is 109 Å². The van der Waals surface area contributed by atoms with Gasteiger partial charge in [-0.25, -0.2) is 8.78 Å². The minimum absolute atomic E-state index is 0.108. The summed E-state index contributed by atoms with van der Waals surface area (Å²) in [6.07, 6.45) is -1.62. The summed E-state index contributed by atoms with van der Waals surface area (Å²) >= 11 is 3.35. The van der Waals surface area contributed by atoms with Crippen LogP contribution in [0.2, 0.25) is 0 Å². The van der Waals surface area contributed by atoms with Gasteiger partial charge in [0.15, 0.2) is 0 Å². The Hall–Kier alpha value is -0.520. The molecule has 1 aromatic carbocycles. The van der Waals surface area contributed by atoms with E-state index in [-0.39, 0.29) is 12.6 Å². The van der Waals surface area contributed by atoms with Crippen molar-refractivity contribution in [3.63, 3.8) is 0 Å². The number of rotatable bonds is 6. The zero-order valence-electron chi connectivity index (χ0n) is 9.74. The van der Waals surface area contributed by atoms with Gasteiger partial charge in [0.05, 0.1) is 6.54 Å². The van der Waals surface area contributed by atoms with Crippen molar-refractivity contribution in [1.82, 2.24) is 4.90 Å². The summed E-state index contributed by atoms with van der Waals surface area (Å²) < 4.78 is 25.2. The lowest BCUT2D eigenvalue weighted by atomic mass is 10.0. The van der Waals surface area contributed by atoms with Gasteiger partial charge >= 0.3 is 0 Å². The molecule has 0 radical (unpaired) electrons. The molecule has 0 bridgehead atoms. The Morgan fingerprint density at radius 1 is 1.29 bits per heavy atom. The third-order valence-electron chi connectivity index (χ3n) is 2.57. The lowest BCUT2D eigenvalue weighted by molar-refractivity contribution is 0.0990. The maximum atomic E-state index is 12.1. The number of hydrogen-bond donors (Lipinski definition) is 1. The molecule has 0 aliphatic carbocycles. The summed E-state index contributed by atoms with van der Waals surface area (Å²) in [4.78, 5) is 1.60. The van der Waals surface area contributed by atoms with Crippen LogP contribution in [0.4, 0.5) is 8.78 Å². The van der Waals surface area contributed by atoms with E-state index in [9.17, 15) is 8.78 Å². The molecule has 0 spiro atoms. The van der Waals surface area contributed by atoms with E-state index in [2.05, 4.69) is 15.9 Å². The van der Waals surface area contributed by atoms with Gasteiger partial charge in [-0.1, -0.05) is 28.1 Å². The zero-order chi connectivity index (χ0) is 12.8. The van der Waals surface area contributed by atoms with Crippen LogP contribution in [0.5, 0.6) is 0 Å². The van der Waals surface area contributed by atoms with Crippen LogP contribution in [0.15, 0.2) is 28.7 Å². The van der Waals surface area contributed by atoms with Gasteiger partial charge in [0.2, 0.25) is 0 Å².